The molecule has 0 radical (unpaired) electrons. The number of aromatic nitrogens is 3. The smallest absolute Gasteiger partial charge is 0.152 e. The van der Waals surface area contributed by atoms with Crippen LogP contribution in [0.25, 0.3) is 11.0 Å². The fourth-order valence-corrected chi connectivity index (χ4v) is 2.91. The van der Waals surface area contributed by atoms with Gasteiger partial charge in [0, 0.05) is 5.39 Å². The largest absolute Gasteiger partial charge is 0.463 e. The van der Waals surface area contributed by atoms with Crippen molar-refractivity contribution >= 4 is 41.2 Å². The highest BCUT2D eigenvalue weighted by Gasteiger charge is 2.17. The quantitative estimate of drug-likeness (QED) is 0.438. The summed E-state index contributed by atoms with van der Waals surface area (Å²) >= 11 is 5.83. The van der Waals surface area contributed by atoms with Crippen molar-refractivity contribution in [3.05, 3.63) is 36.1 Å². The second kappa shape index (κ2) is 5.57. The molecule has 0 aliphatic carbocycles. The molecule has 3 heterocycles. The molecule has 5 nitrogen and oxygen atoms in total. The molecule has 1 atom stereocenters. The molecule has 3 aromatic heterocycles. The molecule has 0 amide bonds. The maximum absolute atomic E-state index is 5.91. The van der Waals surface area contributed by atoms with Gasteiger partial charge < -0.3 is 10.2 Å². The van der Waals surface area contributed by atoms with Crippen molar-refractivity contribution in [3.63, 3.8) is 0 Å². The molecule has 0 aliphatic heterocycles. The van der Waals surface area contributed by atoms with Crippen LogP contribution in [0.4, 0.5) is 5.82 Å². The number of hydrogen-bond donors (Lipinski definition) is 2. The SMILES string of the molecule is CSc1nc(C(C)c2cc3ccoc3cn2)nc(N)c1S. The minimum absolute atomic E-state index is 0.0635. The van der Waals surface area contributed by atoms with Crippen LogP contribution in [0.15, 0.2) is 38.9 Å². The molecule has 0 saturated heterocycles. The lowest BCUT2D eigenvalue weighted by Gasteiger charge is -2.13. The van der Waals surface area contributed by atoms with Crippen LogP contribution in [-0.2, 0) is 0 Å². The molecule has 0 saturated carbocycles. The first-order valence-electron chi connectivity index (χ1n) is 6.33. The monoisotopic (exact) mass is 318 g/mol. The Bertz CT molecular complexity index is 803. The number of pyridine rings is 1. The molecular formula is C14H14N4OS2. The molecule has 0 fully saturated rings. The Hall–Kier alpha value is -1.73. The third kappa shape index (κ3) is 2.58. The van der Waals surface area contributed by atoms with Crippen molar-refractivity contribution in [1.29, 1.82) is 0 Å². The average molecular weight is 318 g/mol. The van der Waals surface area contributed by atoms with Gasteiger partial charge >= 0.3 is 0 Å². The fraction of sp³-hybridized carbons (Fsp3) is 0.214. The van der Waals surface area contributed by atoms with E-state index in [1.807, 2.05) is 25.3 Å². The second-order valence-electron chi connectivity index (χ2n) is 4.61. The number of thioether (sulfide) groups is 1. The summed E-state index contributed by atoms with van der Waals surface area (Å²) in [6.07, 6.45) is 5.30. The van der Waals surface area contributed by atoms with E-state index < -0.39 is 0 Å². The van der Waals surface area contributed by atoms with E-state index in [1.54, 1.807) is 12.5 Å². The number of rotatable bonds is 3. The van der Waals surface area contributed by atoms with Gasteiger partial charge in [-0.1, -0.05) is 0 Å². The van der Waals surface area contributed by atoms with Crippen LogP contribution in [0.5, 0.6) is 0 Å². The van der Waals surface area contributed by atoms with Gasteiger partial charge in [0.1, 0.15) is 16.7 Å². The number of thiol groups is 1. The van der Waals surface area contributed by atoms with Gasteiger partial charge in [0.2, 0.25) is 0 Å². The van der Waals surface area contributed by atoms with E-state index in [1.165, 1.54) is 11.8 Å². The molecule has 3 aromatic rings. The summed E-state index contributed by atoms with van der Waals surface area (Å²) in [5, 5.41) is 1.78. The van der Waals surface area contributed by atoms with Gasteiger partial charge in [0.05, 0.1) is 29.0 Å². The normalized spacial score (nSPS) is 12.7. The van der Waals surface area contributed by atoms with Crippen molar-refractivity contribution in [2.45, 2.75) is 22.8 Å². The highest BCUT2D eigenvalue weighted by molar-refractivity contribution is 7.99. The molecule has 2 N–H and O–H groups in total. The molecule has 0 bridgehead atoms. The van der Waals surface area contributed by atoms with E-state index >= 15 is 0 Å². The molecule has 3 rings (SSSR count). The Morgan fingerprint density at radius 1 is 1.38 bits per heavy atom. The Morgan fingerprint density at radius 3 is 2.95 bits per heavy atom. The third-order valence-electron chi connectivity index (χ3n) is 3.28. The Morgan fingerprint density at radius 2 is 2.19 bits per heavy atom. The summed E-state index contributed by atoms with van der Waals surface area (Å²) in [7, 11) is 0. The van der Waals surface area contributed by atoms with Crippen LogP contribution in [0.3, 0.4) is 0 Å². The zero-order valence-corrected chi connectivity index (χ0v) is 13.3. The molecule has 0 aliphatic rings. The summed E-state index contributed by atoms with van der Waals surface area (Å²) in [6, 6.07) is 3.89. The first-order valence-corrected chi connectivity index (χ1v) is 8.01. The topological polar surface area (TPSA) is 77.8 Å². The summed E-state index contributed by atoms with van der Waals surface area (Å²) < 4.78 is 5.30. The second-order valence-corrected chi connectivity index (χ2v) is 5.86. The number of nitrogens with two attached hydrogens (primary N) is 1. The molecule has 0 aromatic carbocycles. The molecule has 21 heavy (non-hydrogen) atoms. The highest BCUT2D eigenvalue weighted by atomic mass is 32.2. The van der Waals surface area contributed by atoms with Crippen LogP contribution in [0.2, 0.25) is 0 Å². The lowest BCUT2D eigenvalue weighted by molar-refractivity contribution is 0.613. The van der Waals surface area contributed by atoms with Gasteiger partial charge in [-0.25, -0.2) is 9.97 Å². The molecular weight excluding hydrogens is 304 g/mol. The molecule has 108 valence electrons. The fourth-order valence-electron chi connectivity index (χ4n) is 2.06. The summed E-state index contributed by atoms with van der Waals surface area (Å²) in [5.41, 5.74) is 7.55. The number of fused-ring (bicyclic) bond motifs is 1. The van der Waals surface area contributed by atoms with Gasteiger partial charge in [0.15, 0.2) is 5.58 Å². The Kier molecular flexibility index (Phi) is 3.77. The lowest BCUT2D eigenvalue weighted by Crippen LogP contribution is -2.08. The maximum Gasteiger partial charge on any atom is 0.152 e. The van der Waals surface area contributed by atoms with Gasteiger partial charge in [-0.2, -0.15) is 0 Å². The Labute approximate surface area is 131 Å². The van der Waals surface area contributed by atoms with Crippen molar-refractivity contribution in [2.24, 2.45) is 0 Å². The highest BCUT2D eigenvalue weighted by Crippen LogP contribution is 2.30. The van der Waals surface area contributed by atoms with E-state index in [0.717, 1.165) is 21.7 Å². The van der Waals surface area contributed by atoms with E-state index in [2.05, 4.69) is 27.6 Å². The van der Waals surface area contributed by atoms with E-state index in [-0.39, 0.29) is 5.92 Å². The van der Waals surface area contributed by atoms with Crippen molar-refractivity contribution in [2.75, 3.05) is 12.0 Å². The van der Waals surface area contributed by atoms with Crippen LogP contribution >= 0.6 is 24.4 Å². The third-order valence-corrected chi connectivity index (χ3v) is 4.56. The van der Waals surface area contributed by atoms with Gasteiger partial charge in [0.25, 0.3) is 0 Å². The molecule has 1 unspecified atom stereocenters. The number of nitrogens with zero attached hydrogens (tertiary/aromatic N) is 3. The van der Waals surface area contributed by atoms with E-state index in [0.29, 0.717) is 16.5 Å². The van der Waals surface area contributed by atoms with Crippen LogP contribution < -0.4 is 5.73 Å². The molecule has 7 heteroatoms. The zero-order chi connectivity index (χ0) is 15.0. The maximum atomic E-state index is 5.91. The minimum Gasteiger partial charge on any atom is -0.463 e. The Balaban J connectivity index is 2.04. The number of hydrogen-bond acceptors (Lipinski definition) is 7. The summed E-state index contributed by atoms with van der Waals surface area (Å²) in [6.45, 7) is 2.01. The summed E-state index contributed by atoms with van der Waals surface area (Å²) in [5.74, 6) is 0.973. The van der Waals surface area contributed by atoms with Crippen molar-refractivity contribution in [3.8, 4) is 0 Å². The first-order chi connectivity index (χ1) is 10.1. The van der Waals surface area contributed by atoms with Gasteiger partial charge in [-0.15, -0.1) is 24.4 Å². The predicted molar refractivity (Wildman–Crippen MR) is 87.0 cm³/mol. The minimum atomic E-state index is -0.0635. The van der Waals surface area contributed by atoms with E-state index in [4.69, 9.17) is 10.2 Å². The number of furan rings is 1. The van der Waals surface area contributed by atoms with Gasteiger partial charge in [-0.3, -0.25) is 4.98 Å². The van der Waals surface area contributed by atoms with Crippen LogP contribution in [-0.4, -0.2) is 21.2 Å². The van der Waals surface area contributed by atoms with Gasteiger partial charge in [-0.05, 0) is 25.3 Å². The number of nitrogen functional groups attached to an aromatic ring is 1. The molecule has 0 spiro atoms. The zero-order valence-electron chi connectivity index (χ0n) is 11.6. The average Bonchev–Trinajstić information content (AvgIpc) is 2.96. The lowest BCUT2D eigenvalue weighted by atomic mass is 10.1. The van der Waals surface area contributed by atoms with Crippen molar-refractivity contribution in [1.82, 2.24) is 15.0 Å². The van der Waals surface area contributed by atoms with Crippen LogP contribution in [0.1, 0.15) is 24.4 Å². The van der Waals surface area contributed by atoms with Crippen LogP contribution in [0, 0.1) is 0 Å². The summed E-state index contributed by atoms with van der Waals surface area (Å²) in [4.78, 5) is 13.9. The standard InChI is InChI=1S/C14H14N4OS2/c1-7(9-5-8-3-4-19-10(8)6-16-9)13-17-12(15)11(20)14(18-13)21-2/h3-7,20H,1-2H3,(H2,15,17,18). The predicted octanol–water partition coefficient (Wildman–Crippen LogP) is 3.36. The van der Waals surface area contributed by atoms with E-state index in [9.17, 15) is 0 Å². The van der Waals surface area contributed by atoms with Crippen molar-refractivity contribution < 1.29 is 4.42 Å². The first kappa shape index (κ1) is 14.2. The number of anilines is 1.